The van der Waals surface area contributed by atoms with Gasteiger partial charge in [-0.25, -0.2) is 0 Å². The van der Waals surface area contributed by atoms with Gasteiger partial charge in [0.25, 0.3) is 5.91 Å². The summed E-state index contributed by atoms with van der Waals surface area (Å²) in [7, 11) is 1.53. The van der Waals surface area contributed by atoms with Gasteiger partial charge in [-0.05, 0) is 54.2 Å². The lowest BCUT2D eigenvalue weighted by Gasteiger charge is -2.16. The van der Waals surface area contributed by atoms with Crippen molar-refractivity contribution in [3.05, 3.63) is 64.2 Å². The van der Waals surface area contributed by atoms with Crippen LogP contribution in [0.5, 0.6) is 17.2 Å². The van der Waals surface area contributed by atoms with Gasteiger partial charge in [-0.15, -0.1) is 10.2 Å². The molecule has 8 nitrogen and oxygen atoms in total. The van der Waals surface area contributed by atoms with E-state index in [0.29, 0.717) is 41.3 Å². The second-order valence-corrected chi connectivity index (χ2v) is 8.99. The van der Waals surface area contributed by atoms with Gasteiger partial charge in [-0.1, -0.05) is 56.4 Å². The molecule has 3 rings (SSSR count). The molecule has 0 saturated heterocycles. The zero-order chi connectivity index (χ0) is 25.9. The third kappa shape index (κ3) is 7.06. The quantitative estimate of drug-likeness (QED) is 0.193. The highest BCUT2D eigenvalue weighted by molar-refractivity contribution is 7.15. The minimum absolute atomic E-state index is 0.0626. The maximum atomic E-state index is 12.5. The molecule has 0 aliphatic carbocycles. The second-order valence-electron chi connectivity index (χ2n) is 7.93. The Morgan fingerprint density at radius 1 is 1.11 bits per heavy atom. The van der Waals surface area contributed by atoms with E-state index in [2.05, 4.69) is 35.4 Å². The Hall–Kier alpha value is -3.90. The topological polar surface area (TPSA) is 106 Å². The number of carbonyl (C=O) groups is 1. The number of anilines is 1. The lowest BCUT2D eigenvalue weighted by atomic mass is 9.98. The van der Waals surface area contributed by atoms with Crippen LogP contribution in [0.1, 0.15) is 49.2 Å². The Morgan fingerprint density at radius 3 is 2.53 bits per heavy atom. The minimum atomic E-state index is -0.551. The molecule has 1 amide bonds. The van der Waals surface area contributed by atoms with Crippen LogP contribution >= 0.6 is 11.3 Å². The number of hydrogen-bond donors (Lipinski definition) is 1. The maximum Gasteiger partial charge on any atom is 0.268 e. The van der Waals surface area contributed by atoms with E-state index in [1.807, 2.05) is 31.2 Å². The number of amides is 1. The molecule has 0 radical (unpaired) electrons. The summed E-state index contributed by atoms with van der Waals surface area (Å²) in [5.74, 6) is 1.75. The molecule has 0 fully saturated rings. The molecule has 0 spiro atoms. The molecule has 1 heterocycles. The van der Waals surface area contributed by atoms with Gasteiger partial charge in [0, 0.05) is 0 Å². The van der Waals surface area contributed by atoms with E-state index < -0.39 is 5.91 Å². The predicted molar refractivity (Wildman–Crippen MR) is 141 cm³/mol. The van der Waals surface area contributed by atoms with E-state index in [-0.39, 0.29) is 5.57 Å². The number of aromatic nitrogens is 2. The summed E-state index contributed by atoms with van der Waals surface area (Å²) < 4.78 is 17.3. The molecule has 188 valence electrons. The predicted octanol–water partition coefficient (Wildman–Crippen LogP) is 5.63. The molecule has 3 aromatic rings. The van der Waals surface area contributed by atoms with Gasteiger partial charge in [0.2, 0.25) is 5.13 Å². The fraction of sp³-hybridized carbons (Fsp3) is 0.333. The summed E-state index contributed by atoms with van der Waals surface area (Å²) in [4.78, 5) is 12.5. The highest BCUT2D eigenvalue weighted by Gasteiger charge is 2.14. The Kier molecular flexibility index (Phi) is 9.83. The number of benzene rings is 2. The number of ether oxygens (including phenoxy) is 3. The van der Waals surface area contributed by atoms with Gasteiger partial charge < -0.3 is 14.2 Å². The van der Waals surface area contributed by atoms with E-state index in [9.17, 15) is 10.1 Å². The number of carbonyl (C=O) groups excluding carboxylic acids is 1. The Bertz CT molecular complexity index is 1250. The van der Waals surface area contributed by atoms with Crippen LogP contribution in [0.25, 0.3) is 6.08 Å². The Balaban J connectivity index is 1.62. The van der Waals surface area contributed by atoms with Gasteiger partial charge in [-0.3, -0.25) is 10.1 Å². The van der Waals surface area contributed by atoms with Crippen LogP contribution in [0.15, 0.2) is 48.0 Å². The van der Waals surface area contributed by atoms with Crippen LogP contribution in [0.3, 0.4) is 0 Å². The number of nitrogens with one attached hydrogen (secondary N) is 1. The van der Waals surface area contributed by atoms with Crippen LogP contribution in [-0.2, 0) is 11.2 Å². The highest BCUT2D eigenvalue weighted by atomic mass is 32.1. The molecule has 1 aromatic heterocycles. The zero-order valence-corrected chi connectivity index (χ0v) is 21.7. The van der Waals surface area contributed by atoms with Crippen molar-refractivity contribution in [1.29, 1.82) is 5.26 Å². The molecule has 0 bridgehead atoms. The summed E-state index contributed by atoms with van der Waals surface area (Å²) in [6.07, 6.45) is 3.24. The standard InChI is InChI=1S/C27H30N4O4S/c1-5-18(3)21-9-7-8-10-22(21)34-13-14-35-23-12-11-19(16-24(23)33-4)15-20(17-28)26(32)29-27-31-30-25(6-2)36-27/h7-12,15-16,18H,5-6,13-14H2,1-4H3,(H,29,31,32)/b20-15-. The zero-order valence-electron chi connectivity index (χ0n) is 20.9. The van der Waals surface area contributed by atoms with Crippen molar-refractivity contribution in [1.82, 2.24) is 10.2 Å². The number of nitriles is 1. The number of nitrogens with zero attached hydrogens (tertiary/aromatic N) is 3. The molecule has 9 heteroatoms. The molecule has 1 N–H and O–H groups in total. The van der Waals surface area contributed by atoms with E-state index >= 15 is 0 Å². The first-order valence-corrected chi connectivity index (χ1v) is 12.6. The molecular formula is C27H30N4O4S. The second kappa shape index (κ2) is 13.3. The van der Waals surface area contributed by atoms with E-state index in [1.165, 1.54) is 30.1 Å². The first kappa shape index (κ1) is 26.7. The van der Waals surface area contributed by atoms with Gasteiger partial charge in [0.1, 0.15) is 35.6 Å². The minimum Gasteiger partial charge on any atom is -0.493 e. The van der Waals surface area contributed by atoms with Crippen LogP contribution in [-0.4, -0.2) is 36.4 Å². The number of aryl methyl sites for hydroxylation is 1. The fourth-order valence-corrected chi connectivity index (χ4v) is 4.04. The Labute approximate surface area is 215 Å². The number of methoxy groups -OCH3 is 1. The first-order chi connectivity index (χ1) is 17.5. The number of rotatable bonds is 12. The smallest absolute Gasteiger partial charge is 0.268 e. The monoisotopic (exact) mass is 506 g/mol. The molecular weight excluding hydrogens is 476 g/mol. The summed E-state index contributed by atoms with van der Waals surface area (Å²) in [5, 5.41) is 21.1. The molecule has 0 aliphatic heterocycles. The third-order valence-corrected chi connectivity index (χ3v) is 6.50. The largest absolute Gasteiger partial charge is 0.493 e. The van der Waals surface area contributed by atoms with Gasteiger partial charge >= 0.3 is 0 Å². The highest BCUT2D eigenvalue weighted by Crippen LogP contribution is 2.30. The Morgan fingerprint density at radius 2 is 1.86 bits per heavy atom. The lowest BCUT2D eigenvalue weighted by molar-refractivity contribution is -0.112. The average Bonchev–Trinajstić information content (AvgIpc) is 3.37. The van der Waals surface area contributed by atoms with Gasteiger partial charge in [0.05, 0.1) is 7.11 Å². The van der Waals surface area contributed by atoms with Crippen LogP contribution in [0.2, 0.25) is 0 Å². The van der Waals surface area contributed by atoms with Crippen LogP contribution in [0, 0.1) is 11.3 Å². The van der Waals surface area contributed by atoms with E-state index in [1.54, 1.807) is 18.2 Å². The lowest BCUT2D eigenvalue weighted by Crippen LogP contribution is -2.13. The summed E-state index contributed by atoms with van der Waals surface area (Å²) in [6, 6.07) is 15.2. The molecule has 1 unspecified atom stereocenters. The van der Waals surface area contributed by atoms with E-state index in [0.717, 1.165) is 23.6 Å². The van der Waals surface area contributed by atoms with Crippen molar-refractivity contribution in [2.24, 2.45) is 0 Å². The molecule has 2 aromatic carbocycles. The van der Waals surface area contributed by atoms with Crippen molar-refractivity contribution in [3.63, 3.8) is 0 Å². The fourth-order valence-electron chi connectivity index (χ4n) is 3.36. The van der Waals surface area contributed by atoms with Crippen LogP contribution < -0.4 is 19.5 Å². The molecule has 1 atom stereocenters. The average molecular weight is 507 g/mol. The normalized spacial score (nSPS) is 11.9. The van der Waals surface area contributed by atoms with Crippen molar-refractivity contribution in [2.75, 3.05) is 25.6 Å². The number of hydrogen-bond acceptors (Lipinski definition) is 8. The molecule has 0 aliphatic rings. The van der Waals surface area contributed by atoms with Crippen molar-refractivity contribution in [3.8, 4) is 23.3 Å². The van der Waals surface area contributed by atoms with Gasteiger partial charge in [-0.2, -0.15) is 5.26 Å². The van der Waals surface area contributed by atoms with Crippen molar-refractivity contribution < 1.29 is 19.0 Å². The summed E-state index contributed by atoms with van der Waals surface area (Å²) in [6.45, 7) is 6.99. The van der Waals surface area contributed by atoms with Crippen LogP contribution in [0.4, 0.5) is 5.13 Å². The van der Waals surface area contributed by atoms with Gasteiger partial charge in [0.15, 0.2) is 11.5 Å². The molecule has 0 saturated carbocycles. The summed E-state index contributed by atoms with van der Waals surface area (Å²) in [5.41, 5.74) is 1.74. The third-order valence-electron chi connectivity index (χ3n) is 5.51. The molecule has 36 heavy (non-hydrogen) atoms. The maximum absolute atomic E-state index is 12.5. The summed E-state index contributed by atoms with van der Waals surface area (Å²) >= 11 is 1.28. The first-order valence-electron chi connectivity index (χ1n) is 11.8. The van der Waals surface area contributed by atoms with Crippen molar-refractivity contribution >= 4 is 28.5 Å². The van der Waals surface area contributed by atoms with E-state index in [4.69, 9.17) is 14.2 Å². The number of para-hydroxylation sites is 1. The SMILES string of the molecule is CCc1nnc(NC(=O)/C(C#N)=C\c2ccc(OCCOc3ccccc3C(C)CC)c(OC)c2)s1. The van der Waals surface area contributed by atoms with Crippen molar-refractivity contribution in [2.45, 2.75) is 39.5 Å².